The molecule has 1 unspecified atom stereocenters. The van der Waals surface area contributed by atoms with Crippen LogP contribution in [0.4, 0.5) is 11.4 Å². The molecule has 2 N–H and O–H groups in total. The minimum atomic E-state index is -0.545. The Balaban J connectivity index is 1.52. The third-order valence-corrected chi connectivity index (χ3v) is 5.36. The molecule has 1 heterocycles. The first-order valence-electron chi connectivity index (χ1n) is 9.24. The fourth-order valence-corrected chi connectivity index (χ4v) is 3.57. The number of hydrogen-bond acceptors (Lipinski definition) is 7. The van der Waals surface area contributed by atoms with E-state index in [-0.39, 0.29) is 18.2 Å². The van der Waals surface area contributed by atoms with E-state index in [2.05, 4.69) is 20.8 Å². The van der Waals surface area contributed by atoms with Gasteiger partial charge in [0.15, 0.2) is 5.17 Å². The van der Waals surface area contributed by atoms with Crippen LogP contribution in [0.1, 0.15) is 12.0 Å². The molecule has 30 heavy (non-hydrogen) atoms. The molecule has 2 amide bonds. The predicted molar refractivity (Wildman–Crippen MR) is 122 cm³/mol. The van der Waals surface area contributed by atoms with Gasteiger partial charge in [0.25, 0.3) is 0 Å². The zero-order valence-corrected chi connectivity index (χ0v) is 17.8. The van der Waals surface area contributed by atoms with Crippen LogP contribution in [0, 0.1) is 0 Å². The van der Waals surface area contributed by atoms with Crippen molar-refractivity contribution in [2.45, 2.75) is 11.7 Å². The summed E-state index contributed by atoms with van der Waals surface area (Å²) in [6.45, 7) is 0. The molecule has 2 aromatic rings. The van der Waals surface area contributed by atoms with Gasteiger partial charge < -0.3 is 20.3 Å². The number of amidine groups is 1. The summed E-state index contributed by atoms with van der Waals surface area (Å²) in [5.41, 5.74) is 2.63. The van der Waals surface area contributed by atoms with Crippen LogP contribution in [0.5, 0.6) is 5.75 Å². The van der Waals surface area contributed by atoms with Crippen molar-refractivity contribution >= 4 is 46.3 Å². The van der Waals surface area contributed by atoms with E-state index in [4.69, 9.17) is 4.74 Å². The smallest absolute Gasteiger partial charge is 0.240 e. The topological polar surface area (TPSA) is 95.4 Å². The average Bonchev–Trinajstić information content (AvgIpc) is 3.07. The van der Waals surface area contributed by atoms with Gasteiger partial charge in [0.05, 0.1) is 13.3 Å². The van der Waals surface area contributed by atoms with Gasteiger partial charge in [0, 0.05) is 31.9 Å². The summed E-state index contributed by atoms with van der Waals surface area (Å²) in [4.78, 5) is 26.4. The van der Waals surface area contributed by atoms with Crippen LogP contribution in [0.3, 0.4) is 0 Å². The van der Waals surface area contributed by atoms with Gasteiger partial charge in [-0.1, -0.05) is 23.9 Å². The van der Waals surface area contributed by atoms with E-state index in [1.165, 1.54) is 11.8 Å². The second-order valence-corrected chi connectivity index (χ2v) is 7.90. The molecular formula is C21H23N5O3S. The number of carbonyl (C=O) groups excluding carboxylic acids is 2. The molecule has 0 aromatic heterocycles. The second kappa shape index (κ2) is 9.93. The Kier molecular flexibility index (Phi) is 7.08. The maximum Gasteiger partial charge on any atom is 0.240 e. The Morgan fingerprint density at radius 3 is 2.53 bits per heavy atom. The number of hydrogen-bond donors (Lipinski definition) is 2. The number of rotatable bonds is 7. The number of anilines is 2. The van der Waals surface area contributed by atoms with Crippen molar-refractivity contribution in [3.8, 4) is 5.75 Å². The first-order chi connectivity index (χ1) is 14.4. The Morgan fingerprint density at radius 1 is 1.20 bits per heavy atom. The lowest BCUT2D eigenvalue weighted by Crippen LogP contribution is -2.28. The fourth-order valence-electron chi connectivity index (χ4n) is 2.65. The van der Waals surface area contributed by atoms with Gasteiger partial charge in [-0.2, -0.15) is 5.10 Å². The van der Waals surface area contributed by atoms with Gasteiger partial charge in [-0.15, -0.1) is 5.10 Å². The molecule has 1 aliphatic heterocycles. The largest absolute Gasteiger partial charge is 0.497 e. The monoisotopic (exact) mass is 425 g/mol. The van der Waals surface area contributed by atoms with E-state index in [0.717, 1.165) is 11.3 Å². The average molecular weight is 426 g/mol. The molecule has 1 atom stereocenters. The fraction of sp³-hybridized carbons (Fsp3) is 0.238. The molecule has 8 nitrogen and oxygen atoms in total. The number of carbonyl (C=O) groups is 2. The minimum Gasteiger partial charge on any atom is -0.497 e. The molecule has 0 radical (unpaired) electrons. The molecule has 0 bridgehead atoms. The predicted octanol–water partition coefficient (Wildman–Crippen LogP) is 2.71. The van der Waals surface area contributed by atoms with Gasteiger partial charge in [0.1, 0.15) is 11.0 Å². The Morgan fingerprint density at radius 2 is 1.90 bits per heavy atom. The van der Waals surface area contributed by atoms with E-state index in [1.54, 1.807) is 37.6 Å². The van der Waals surface area contributed by atoms with Gasteiger partial charge in [-0.25, -0.2) is 0 Å². The summed E-state index contributed by atoms with van der Waals surface area (Å²) in [5.74, 6) is 0.196. The maximum absolute atomic E-state index is 12.2. The highest BCUT2D eigenvalue weighted by Crippen LogP contribution is 2.23. The maximum atomic E-state index is 12.2. The Bertz CT molecular complexity index is 956. The van der Waals surface area contributed by atoms with E-state index in [1.807, 2.05) is 43.3 Å². The molecule has 3 rings (SSSR count). The third kappa shape index (κ3) is 5.84. The van der Waals surface area contributed by atoms with Crippen molar-refractivity contribution in [2.24, 2.45) is 10.2 Å². The number of methoxy groups -OCH3 is 1. The van der Waals surface area contributed by atoms with E-state index in [0.29, 0.717) is 16.6 Å². The number of amides is 2. The quantitative estimate of drug-likeness (QED) is 0.525. The van der Waals surface area contributed by atoms with Crippen molar-refractivity contribution in [3.05, 3.63) is 54.1 Å². The molecule has 9 heteroatoms. The Hall–Kier alpha value is -3.33. The van der Waals surface area contributed by atoms with Crippen LogP contribution < -0.4 is 20.3 Å². The molecule has 0 spiro atoms. The van der Waals surface area contributed by atoms with Crippen molar-refractivity contribution in [3.63, 3.8) is 0 Å². The van der Waals surface area contributed by atoms with Crippen LogP contribution in [-0.2, 0) is 9.59 Å². The third-order valence-electron chi connectivity index (χ3n) is 4.29. The van der Waals surface area contributed by atoms with Crippen molar-refractivity contribution in [1.29, 1.82) is 0 Å². The van der Waals surface area contributed by atoms with E-state index in [9.17, 15) is 9.59 Å². The number of benzene rings is 2. The first kappa shape index (κ1) is 21.4. The lowest BCUT2D eigenvalue weighted by molar-refractivity contribution is -0.122. The number of ether oxygens (including phenoxy) is 1. The molecule has 156 valence electrons. The van der Waals surface area contributed by atoms with Gasteiger partial charge in [0.2, 0.25) is 11.8 Å². The summed E-state index contributed by atoms with van der Waals surface area (Å²) in [6, 6.07) is 14.8. The number of nitrogens with one attached hydrogen (secondary N) is 2. The molecule has 1 saturated heterocycles. The summed E-state index contributed by atoms with van der Waals surface area (Å²) in [6.07, 6.45) is 1.65. The normalized spacial score (nSPS) is 17.2. The lowest BCUT2D eigenvalue weighted by Gasteiger charge is -2.11. The van der Waals surface area contributed by atoms with Gasteiger partial charge >= 0.3 is 0 Å². The van der Waals surface area contributed by atoms with Crippen LogP contribution in [-0.4, -0.2) is 49.7 Å². The van der Waals surface area contributed by atoms with E-state index >= 15 is 0 Å². The highest BCUT2D eigenvalue weighted by Gasteiger charge is 2.32. The van der Waals surface area contributed by atoms with Crippen molar-refractivity contribution in [2.75, 3.05) is 31.4 Å². The molecular weight excluding hydrogens is 402 g/mol. The van der Waals surface area contributed by atoms with Crippen molar-refractivity contribution in [1.82, 2.24) is 5.32 Å². The summed E-state index contributed by atoms with van der Waals surface area (Å²) in [7, 11) is 5.53. The first-order valence-corrected chi connectivity index (χ1v) is 10.1. The SMILES string of the molecule is COc1ccc(NC(=O)CC2S/C(=N/N=C\c3ccc(N(C)C)cc3)NC2=O)cc1. The summed E-state index contributed by atoms with van der Waals surface area (Å²) in [5, 5.41) is 13.3. The molecule has 2 aromatic carbocycles. The standard InChI is InChI=1S/C21H23N5O3S/c1-26(2)16-8-4-14(5-9-16)13-22-25-21-24-20(28)18(30-21)12-19(27)23-15-6-10-17(29-3)11-7-15/h4-11,13,18H,12H2,1-3H3,(H,23,27)(H,24,25,28)/b22-13-. The lowest BCUT2D eigenvalue weighted by atomic mass is 10.2. The summed E-state index contributed by atoms with van der Waals surface area (Å²) < 4.78 is 5.09. The number of nitrogens with zero attached hydrogens (tertiary/aromatic N) is 3. The number of thioether (sulfide) groups is 1. The molecule has 0 saturated carbocycles. The highest BCUT2D eigenvalue weighted by molar-refractivity contribution is 8.15. The zero-order valence-electron chi connectivity index (χ0n) is 17.0. The van der Waals surface area contributed by atoms with Crippen LogP contribution in [0.25, 0.3) is 0 Å². The van der Waals surface area contributed by atoms with E-state index < -0.39 is 5.25 Å². The Labute approximate surface area is 179 Å². The van der Waals surface area contributed by atoms with Crippen molar-refractivity contribution < 1.29 is 14.3 Å². The van der Waals surface area contributed by atoms with Gasteiger partial charge in [-0.05, 0) is 42.0 Å². The van der Waals surface area contributed by atoms with Crippen LogP contribution >= 0.6 is 11.8 Å². The molecule has 1 aliphatic rings. The van der Waals surface area contributed by atoms with Crippen LogP contribution in [0.2, 0.25) is 0 Å². The zero-order chi connectivity index (χ0) is 21.5. The highest BCUT2D eigenvalue weighted by atomic mass is 32.2. The second-order valence-electron chi connectivity index (χ2n) is 6.71. The minimum absolute atomic E-state index is 0.0389. The van der Waals surface area contributed by atoms with Gasteiger partial charge in [-0.3, -0.25) is 9.59 Å². The molecule has 1 fully saturated rings. The van der Waals surface area contributed by atoms with Crippen LogP contribution in [0.15, 0.2) is 58.7 Å². The summed E-state index contributed by atoms with van der Waals surface area (Å²) >= 11 is 1.19. The molecule has 0 aliphatic carbocycles.